The smallest absolute Gasteiger partial charge is 0.319 e. The fourth-order valence-electron chi connectivity index (χ4n) is 1.56. The zero-order valence-corrected chi connectivity index (χ0v) is 11.6. The summed E-state index contributed by atoms with van der Waals surface area (Å²) in [6.45, 7) is 0.404. The fraction of sp³-hybridized carbons (Fsp3) is 0.0714. The first-order valence-electron chi connectivity index (χ1n) is 5.73. The Morgan fingerprint density at radius 2 is 1.79 bits per heavy atom. The van der Waals surface area contributed by atoms with Crippen molar-refractivity contribution in [3.05, 3.63) is 58.6 Å². The van der Waals surface area contributed by atoms with Crippen molar-refractivity contribution in [3.63, 3.8) is 0 Å². The Hall–Kier alpha value is -2.01. The molecule has 2 aromatic carbocycles. The maximum absolute atomic E-state index is 11.7. The van der Waals surface area contributed by atoms with Gasteiger partial charge in [-0.15, -0.1) is 0 Å². The van der Waals surface area contributed by atoms with Gasteiger partial charge in [-0.25, -0.2) is 4.79 Å². The zero-order chi connectivity index (χ0) is 13.7. The molecule has 0 heterocycles. The Balaban J connectivity index is 1.92. The molecule has 0 radical (unpaired) electrons. The van der Waals surface area contributed by atoms with Gasteiger partial charge in [0.15, 0.2) is 0 Å². The number of halogens is 1. The molecule has 0 saturated heterocycles. The molecule has 0 aliphatic heterocycles. The predicted molar refractivity (Wildman–Crippen MR) is 78.1 cm³/mol. The van der Waals surface area contributed by atoms with E-state index in [4.69, 9.17) is 0 Å². The largest absolute Gasteiger partial charge is 0.506 e. The third kappa shape index (κ3) is 3.72. The van der Waals surface area contributed by atoms with Crippen LogP contribution in [0.25, 0.3) is 0 Å². The van der Waals surface area contributed by atoms with Gasteiger partial charge in [0, 0.05) is 11.0 Å². The number of carbonyl (C=O) groups is 1. The van der Waals surface area contributed by atoms with E-state index in [0.717, 1.165) is 10.0 Å². The summed E-state index contributed by atoms with van der Waals surface area (Å²) >= 11 is 3.41. The van der Waals surface area contributed by atoms with Gasteiger partial charge in [0.05, 0.1) is 5.69 Å². The lowest BCUT2D eigenvalue weighted by Crippen LogP contribution is -2.28. The summed E-state index contributed by atoms with van der Waals surface area (Å²) in [6, 6.07) is 13.9. The molecule has 2 rings (SSSR count). The molecule has 0 unspecified atom stereocenters. The molecule has 0 aliphatic carbocycles. The third-order valence-electron chi connectivity index (χ3n) is 2.55. The first-order valence-corrected chi connectivity index (χ1v) is 6.52. The van der Waals surface area contributed by atoms with Gasteiger partial charge < -0.3 is 15.7 Å². The highest BCUT2D eigenvalue weighted by Gasteiger charge is 2.05. The highest BCUT2D eigenvalue weighted by atomic mass is 79.9. The van der Waals surface area contributed by atoms with Crippen LogP contribution in [0.3, 0.4) is 0 Å². The summed E-state index contributed by atoms with van der Waals surface area (Å²) in [6.07, 6.45) is 0. The maximum Gasteiger partial charge on any atom is 0.319 e. The van der Waals surface area contributed by atoms with Gasteiger partial charge in [-0.05, 0) is 23.8 Å². The number of phenols is 1. The van der Waals surface area contributed by atoms with Gasteiger partial charge in [0.25, 0.3) is 0 Å². The number of carbonyl (C=O) groups excluding carboxylic acids is 1. The van der Waals surface area contributed by atoms with Crippen LogP contribution in [-0.4, -0.2) is 11.1 Å². The highest BCUT2D eigenvalue weighted by molar-refractivity contribution is 9.10. The van der Waals surface area contributed by atoms with E-state index in [9.17, 15) is 9.90 Å². The minimum Gasteiger partial charge on any atom is -0.506 e. The zero-order valence-electron chi connectivity index (χ0n) is 10.1. The number of hydrogen-bond donors (Lipinski definition) is 3. The van der Waals surface area contributed by atoms with Crippen LogP contribution in [0.15, 0.2) is 53.0 Å². The van der Waals surface area contributed by atoms with E-state index in [1.807, 2.05) is 24.3 Å². The number of anilines is 1. The Bertz CT molecular complexity index is 587. The van der Waals surface area contributed by atoms with Crippen LogP contribution >= 0.6 is 15.9 Å². The van der Waals surface area contributed by atoms with Crippen LogP contribution in [0.2, 0.25) is 0 Å². The Labute approximate surface area is 119 Å². The standard InChI is InChI=1S/C14H13BrN2O2/c15-11-6-2-1-5-10(11)9-16-14(19)17-12-7-3-4-8-13(12)18/h1-8,18H,9H2,(H2,16,17,19). The summed E-state index contributed by atoms with van der Waals surface area (Å²) in [5.41, 5.74) is 1.36. The van der Waals surface area contributed by atoms with Crippen LogP contribution < -0.4 is 10.6 Å². The van der Waals surface area contributed by atoms with Crippen molar-refractivity contribution in [1.82, 2.24) is 5.32 Å². The van der Waals surface area contributed by atoms with E-state index in [1.54, 1.807) is 18.2 Å². The van der Waals surface area contributed by atoms with E-state index >= 15 is 0 Å². The predicted octanol–water partition coefficient (Wildman–Crippen LogP) is 3.48. The van der Waals surface area contributed by atoms with E-state index in [0.29, 0.717) is 12.2 Å². The number of hydrogen-bond acceptors (Lipinski definition) is 2. The van der Waals surface area contributed by atoms with Crippen LogP contribution in [0.5, 0.6) is 5.75 Å². The number of para-hydroxylation sites is 2. The monoisotopic (exact) mass is 320 g/mol. The van der Waals surface area contributed by atoms with Gasteiger partial charge in [0.2, 0.25) is 0 Å². The molecule has 19 heavy (non-hydrogen) atoms. The number of nitrogens with one attached hydrogen (secondary N) is 2. The summed E-state index contributed by atoms with van der Waals surface area (Å²) < 4.78 is 0.942. The molecule has 3 N–H and O–H groups in total. The average Bonchev–Trinajstić information content (AvgIpc) is 2.40. The van der Waals surface area contributed by atoms with E-state index in [1.165, 1.54) is 6.07 Å². The molecule has 0 aliphatic rings. The van der Waals surface area contributed by atoms with Gasteiger partial charge in [-0.1, -0.05) is 46.3 Å². The van der Waals surface area contributed by atoms with E-state index < -0.39 is 0 Å². The van der Waals surface area contributed by atoms with Crippen LogP contribution in [0, 0.1) is 0 Å². The average molecular weight is 321 g/mol. The van der Waals surface area contributed by atoms with Crippen molar-refractivity contribution in [2.45, 2.75) is 6.54 Å². The van der Waals surface area contributed by atoms with Gasteiger partial charge in [-0.2, -0.15) is 0 Å². The Morgan fingerprint density at radius 3 is 2.53 bits per heavy atom. The second-order valence-electron chi connectivity index (χ2n) is 3.92. The number of rotatable bonds is 3. The summed E-state index contributed by atoms with van der Waals surface area (Å²) in [4.78, 5) is 11.7. The summed E-state index contributed by atoms with van der Waals surface area (Å²) in [5.74, 6) is 0.0403. The number of amides is 2. The van der Waals surface area contributed by atoms with Gasteiger partial charge >= 0.3 is 6.03 Å². The van der Waals surface area contributed by atoms with Crippen molar-refractivity contribution in [2.75, 3.05) is 5.32 Å². The minimum absolute atomic E-state index is 0.0403. The number of aromatic hydroxyl groups is 1. The lowest BCUT2D eigenvalue weighted by Gasteiger charge is -2.09. The minimum atomic E-state index is -0.364. The van der Waals surface area contributed by atoms with Crippen LogP contribution in [0.1, 0.15) is 5.56 Å². The molecule has 2 aromatic rings. The SMILES string of the molecule is O=C(NCc1ccccc1Br)Nc1ccccc1O. The molecule has 98 valence electrons. The van der Waals surface area contributed by atoms with Crippen molar-refractivity contribution < 1.29 is 9.90 Å². The molecule has 0 fully saturated rings. The van der Waals surface area contributed by atoms with Crippen molar-refractivity contribution in [3.8, 4) is 5.75 Å². The molecular weight excluding hydrogens is 308 g/mol. The molecular formula is C14H13BrN2O2. The van der Waals surface area contributed by atoms with Crippen molar-refractivity contribution >= 4 is 27.6 Å². The molecule has 0 spiro atoms. The number of urea groups is 1. The van der Waals surface area contributed by atoms with E-state index in [-0.39, 0.29) is 11.8 Å². The van der Waals surface area contributed by atoms with E-state index in [2.05, 4.69) is 26.6 Å². The molecule has 5 heteroatoms. The van der Waals surface area contributed by atoms with Gasteiger partial charge in [0.1, 0.15) is 5.75 Å². The Kier molecular flexibility index (Phi) is 4.41. The molecule has 0 saturated carbocycles. The third-order valence-corrected chi connectivity index (χ3v) is 3.32. The topological polar surface area (TPSA) is 61.4 Å². The van der Waals surface area contributed by atoms with Crippen molar-refractivity contribution in [1.29, 1.82) is 0 Å². The van der Waals surface area contributed by atoms with Gasteiger partial charge in [-0.3, -0.25) is 0 Å². The first kappa shape index (κ1) is 13.4. The van der Waals surface area contributed by atoms with Crippen LogP contribution in [0.4, 0.5) is 10.5 Å². The normalized spacial score (nSPS) is 9.95. The van der Waals surface area contributed by atoms with Crippen LogP contribution in [-0.2, 0) is 6.54 Å². The number of benzene rings is 2. The Morgan fingerprint density at radius 1 is 1.11 bits per heavy atom. The van der Waals surface area contributed by atoms with Crippen molar-refractivity contribution in [2.24, 2.45) is 0 Å². The molecule has 2 amide bonds. The lowest BCUT2D eigenvalue weighted by atomic mass is 10.2. The molecule has 0 aromatic heterocycles. The second kappa shape index (κ2) is 6.24. The molecule has 0 bridgehead atoms. The number of phenolic OH excluding ortho intramolecular Hbond substituents is 1. The summed E-state index contributed by atoms with van der Waals surface area (Å²) in [7, 11) is 0. The molecule has 0 atom stereocenters. The highest BCUT2D eigenvalue weighted by Crippen LogP contribution is 2.21. The first-order chi connectivity index (χ1) is 9.16. The second-order valence-corrected chi connectivity index (χ2v) is 4.77. The maximum atomic E-state index is 11.7. The lowest BCUT2D eigenvalue weighted by molar-refractivity contribution is 0.251. The quantitative estimate of drug-likeness (QED) is 0.758. The fourth-order valence-corrected chi connectivity index (χ4v) is 1.99. The molecule has 4 nitrogen and oxygen atoms in total. The summed E-state index contributed by atoms with van der Waals surface area (Å²) in [5, 5.41) is 14.8.